The molecule has 116 valence electrons. The van der Waals surface area contributed by atoms with Gasteiger partial charge in [0.05, 0.1) is 6.42 Å². The number of carbonyl (C=O) groups is 1. The van der Waals surface area contributed by atoms with E-state index in [-0.39, 0.29) is 5.97 Å². The maximum atomic E-state index is 11.5. The molecule has 0 unspecified atom stereocenters. The van der Waals surface area contributed by atoms with Crippen molar-refractivity contribution in [2.45, 2.75) is 32.8 Å². The predicted octanol–water partition coefficient (Wildman–Crippen LogP) is 4.29. The van der Waals surface area contributed by atoms with Gasteiger partial charge in [-0.1, -0.05) is 55.8 Å². The van der Waals surface area contributed by atoms with E-state index in [4.69, 9.17) is 14.5 Å². The molecule has 0 aliphatic heterocycles. The van der Waals surface area contributed by atoms with Crippen LogP contribution in [0.2, 0.25) is 0 Å². The van der Waals surface area contributed by atoms with Gasteiger partial charge in [0.2, 0.25) is 5.75 Å². The Morgan fingerprint density at radius 1 is 0.955 bits per heavy atom. The normalized spacial score (nSPS) is 10.0. The van der Waals surface area contributed by atoms with Gasteiger partial charge >= 0.3 is 5.97 Å². The van der Waals surface area contributed by atoms with Crippen LogP contribution in [0.25, 0.3) is 0 Å². The third-order valence-electron chi connectivity index (χ3n) is 3.05. The summed E-state index contributed by atoms with van der Waals surface area (Å²) >= 11 is 0. The SMILES string of the molecule is CCCCC(=O)OOc1ccccc1OCc1ccccc1. The second-order valence-electron chi connectivity index (χ2n) is 4.86. The van der Waals surface area contributed by atoms with Gasteiger partial charge in [-0.25, -0.2) is 4.79 Å². The molecule has 22 heavy (non-hydrogen) atoms. The van der Waals surface area contributed by atoms with E-state index >= 15 is 0 Å². The van der Waals surface area contributed by atoms with E-state index in [1.807, 2.05) is 43.3 Å². The first kappa shape index (κ1) is 15.9. The highest BCUT2D eigenvalue weighted by Gasteiger charge is 2.09. The van der Waals surface area contributed by atoms with E-state index in [0.717, 1.165) is 18.4 Å². The highest BCUT2D eigenvalue weighted by Crippen LogP contribution is 2.27. The summed E-state index contributed by atoms with van der Waals surface area (Å²) in [5.41, 5.74) is 1.05. The Balaban J connectivity index is 1.90. The molecule has 2 aromatic carbocycles. The third-order valence-corrected chi connectivity index (χ3v) is 3.05. The van der Waals surface area contributed by atoms with E-state index in [9.17, 15) is 4.79 Å². The maximum Gasteiger partial charge on any atom is 0.355 e. The predicted molar refractivity (Wildman–Crippen MR) is 83.5 cm³/mol. The summed E-state index contributed by atoms with van der Waals surface area (Å²) < 4.78 is 5.72. The molecule has 4 nitrogen and oxygen atoms in total. The van der Waals surface area contributed by atoms with Crippen LogP contribution in [0.1, 0.15) is 31.7 Å². The number of benzene rings is 2. The fourth-order valence-corrected chi connectivity index (χ4v) is 1.83. The minimum absolute atomic E-state index is 0.351. The molecule has 0 amide bonds. The lowest BCUT2D eigenvalue weighted by Gasteiger charge is -2.11. The van der Waals surface area contributed by atoms with Crippen LogP contribution in [0.3, 0.4) is 0 Å². The van der Waals surface area contributed by atoms with Gasteiger partial charge in [0.1, 0.15) is 6.61 Å². The van der Waals surface area contributed by atoms with Crippen LogP contribution in [-0.2, 0) is 16.3 Å². The first-order valence-electron chi connectivity index (χ1n) is 7.42. The minimum Gasteiger partial charge on any atom is -0.485 e. The highest BCUT2D eigenvalue weighted by molar-refractivity contribution is 5.68. The number of unbranched alkanes of at least 4 members (excludes halogenated alkanes) is 1. The summed E-state index contributed by atoms with van der Waals surface area (Å²) in [5, 5.41) is 0. The average molecular weight is 300 g/mol. The Morgan fingerprint density at radius 3 is 2.36 bits per heavy atom. The fraction of sp³-hybridized carbons (Fsp3) is 0.278. The van der Waals surface area contributed by atoms with E-state index < -0.39 is 0 Å². The van der Waals surface area contributed by atoms with Crippen molar-refractivity contribution >= 4 is 5.97 Å². The van der Waals surface area contributed by atoms with Crippen LogP contribution < -0.4 is 9.62 Å². The van der Waals surface area contributed by atoms with Crippen molar-refractivity contribution in [3.8, 4) is 11.5 Å². The lowest BCUT2D eigenvalue weighted by atomic mass is 10.2. The zero-order valence-electron chi connectivity index (χ0n) is 12.7. The van der Waals surface area contributed by atoms with Crippen molar-refractivity contribution < 1.29 is 19.3 Å². The zero-order valence-corrected chi connectivity index (χ0v) is 12.7. The van der Waals surface area contributed by atoms with Crippen molar-refractivity contribution in [2.24, 2.45) is 0 Å². The fourth-order valence-electron chi connectivity index (χ4n) is 1.83. The molecule has 0 atom stereocenters. The largest absolute Gasteiger partial charge is 0.485 e. The molecule has 0 aliphatic rings. The Morgan fingerprint density at radius 2 is 1.64 bits per heavy atom. The molecule has 0 heterocycles. The molecule has 0 saturated carbocycles. The van der Waals surface area contributed by atoms with Gasteiger partial charge in [0, 0.05) is 0 Å². The van der Waals surface area contributed by atoms with Crippen LogP contribution in [0.5, 0.6) is 11.5 Å². The molecular formula is C18H20O4. The molecule has 4 heteroatoms. The molecule has 0 radical (unpaired) electrons. The quantitative estimate of drug-likeness (QED) is 0.539. The lowest BCUT2D eigenvalue weighted by Crippen LogP contribution is -2.08. The second-order valence-corrected chi connectivity index (χ2v) is 4.86. The van der Waals surface area contributed by atoms with Gasteiger partial charge in [-0.05, 0) is 24.1 Å². The first-order chi connectivity index (χ1) is 10.8. The number of hydrogen-bond acceptors (Lipinski definition) is 4. The van der Waals surface area contributed by atoms with Gasteiger partial charge in [-0.3, -0.25) is 9.78 Å². The number of carbonyl (C=O) groups excluding carboxylic acids is 1. The topological polar surface area (TPSA) is 44.8 Å². The van der Waals surface area contributed by atoms with E-state index in [1.165, 1.54) is 0 Å². The molecule has 0 aliphatic carbocycles. The van der Waals surface area contributed by atoms with Gasteiger partial charge < -0.3 is 4.74 Å². The maximum absolute atomic E-state index is 11.5. The average Bonchev–Trinajstić information content (AvgIpc) is 2.58. The van der Waals surface area contributed by atoms with Gasteiger partial charge in [-0.2, -0.15) is 0 Å². The Labute approximate surface area is 130 Å². The first-order valence-corrected chi connectivity index (χ1v) is 7.42. The Bertz CT molecular complexity index is 581. The van der Waals surface area contributed by atoms with Crippen LogP contribution >= 0.6 is 0 Å². The molecule has 0 spiro atoms. The van der Waals surface area contributed by atoms with Crippen LogP contribution in [0, 0.1) is 0 Å². The number of hydrogen-bond donors (Lipinski definition) is 0. The molecule has 0 bridgehead atoms. The van der Waals surface area contributed by atoms with E-state index in [0.29, 0.717) is 24.5 Å². The molecular weight excluding hydrogens is 280 g/mol. The van der Waals surface area contributed by atoms with Crippen LogP contribution in [0.4, 0.5) is 0 Å². The van der Waals surface area contributed by atoms with Crippen molar-refractivity contribution in [1.29, 1.82) is 0 Å². The number of ether oxygens (including phenoxy) is 1. The summed E-state index contributed by atoms with van der Waals surface area (Å²) in [6.45, 7) is 2.44. The zero-order chi connectivity index (χ0) is 15.6. The summed E-state index contributed by atoms with van der Waals surface area (Å²) in [4.78, 5) is 21.4. The summed E-state index contributed by atoms with van der Waals surface area (Å²) in [7, 11) is 0. The van der Waals surface area contributed by atoms with E-state index in [1.54, 1.807) is 18.2 Å². The molecule has 0 aromatic heterocycles. The molecule has 2 rings (SSSR count). The number of rotatable bonds is 8. The van der Waals surface area contributed by atoms with Gasteiger partial charge in [0.25, 0.3) is 0 Å². The van der Waals surface area contributed by atoms with Crippen molar-refractivity contribution in [2.75, 3.05) is 0 Å². The Kier molecular flexibility index (Phi) is 6.30. The Hall–Kier alpha value is -2.49. The molecule has 0 N–H and O–H groups in total. The van der Waals surface area contributed by atoms with Gasteiger partial charge in [-0.15, -0.1) is 0 Å². The van der Waals surface area contributed by atoms with Crippen LogP contribution in [0.15, 0.2) is 54.6 Å². The smallest absolute Gasteiger partial charge is 0.355 e. The van der Waals surface area contributed by atoms with Crippen molar-refractivity contribution in [3.05, 3.63) is 60.2 Å². The van der Waals surface area contributed by atoms with Crippen molar-refractivity contribution in [3.63, 3.8) is 0 Å². The second kappa shape index (κ2) is 8.72. The molecule has 0 saturated heterocycles. The highest BCUT2D eigenvalue weighted by atomic mass is 17.2. The van der Waals surface area contributed by atoms with Crippen molar-refractivity contribution in [1.82, 2.24) is 0 Å². The molecule has 2 aromatic rings. The summed E-state index contributed by atoms with van der Waals surface area (Å²) in [6, 6.07) is 16.9. The van der Waals surface area contributed by atoms with Gasteiger partial charge in [0.15, 0.2) is 5.75 Å². The standard InChI is InChI=1S/C18H20O4/c1-2-3-13-18(19)22-21-17-12-8-7-11-16(17)20-14-15-9-5-4-6-10-15/h4-12H,2-3,13-14H2,1H3. The third kappa shape index (κ3) is 5.13. The summed E-state index contributed by atoms with van der Waals surface area (Å²) in [5.74, 6) is 0.553. The summed E-state index contributed by atoms with van der Waals surface area (Å²) in [6.07, 6.45) is 2.07. The monoisotopic (exact) mass is 300 g/mol. The number of para-hydroxylation sites is 2. The minimum atomic E-state index is -0.375. The molecule has 0 fully saturated rings. The lowest BCUT2D eigenvalue weighted by molar-refractivity contribution is -0.214. The van der Waals surface area contributed by atoms with E-state index in [2.05, 4.69) is 0 Å². The van der Waals surface area contributed by atoms with Crippen LogP contribution in [-0.4, -0.2) is 5.97 Å².